The van der Waals surface area contributed by atoms with Gasteiger partial charge in [-0.25, -0.2) is 9.36 Å². The molecular formula is C13H16N4O2. The normalized spacial score (nSPS) is 16.6. The average Bonchev–Trinajstić information content (AvgIpc) is 2.82. The highest BCUT2D eigenvalue weighted by molar-refractivity contribution is 5.30. The van der Waals surface area contributed by atoms with Crippen LogP contribution in [0.3, 0.4) is 0 Å². The fourth-order valence-electron chi connectivity index (χ4n) is 2.13. The Hall–Kier alpha value is -1.92. The maximum absolute atomic E-state index is 12.2. The van der Waals surface area contributed by atoms with Gasteiger partial charge in [-0.15, -0.1) is 0 Å². The van der Waals surface area contributed by atoms with Crippen LogP contribution >= 0.6 is 0 Å². The van der Waals surface area contributed by atoms with Crippen LogP contribution in [0.5, 0.6) is 0 Å². The molecule has 0 atom stereocenters. The van der Waals surface area contributed by atoms with E-state index >= 15 is 0 Å². The molecule has 1 aromatic heterocycles. The standard InChI is InChI=1S/C13H16N4O2/c18-13-16(12-4-2-1-3-5-12)10-14-17(13)11-15-6-8-19-9-7-15/h1-5,10H,6-9,11H2. The van der Waals surface area contributed by atoms with Gasteiger partial charge in [0, 0.05) is 13.1 Å². The Labute approximate surface area is 110 Å². The van der Waals surface area contributed by atoms with Crippen molar-refractivity contribution in [3.8, 4) is 5.69 Å². The summed E-state index contributed by atoms with van der Waals surface area (Å²) >= 11 is 0. The summed E-state index contributed by atoms with van der Waals surface area (Å²) in [4.78, 5) is 14.4. The molecule has 3 rings (SSSR count). The zero-order chi connectivity index (χ0) is 13.1. The van der Waals surface area contributed by atoms with Crippen LogP contribution in [0.15, 0.2) is 41.5 Å². The number of ether oxygens (including phenoxy) is 1. The zero-order valence-corrected chi connectivity index (χ0v) is 10.6. The molecule has 0 unspecified atom stereocenters. The smallest absolute Gasteiger partial charge is 0.351 e. The second kappa shape index (κ2) is 5.38. The Kier molecular flexibility index (Phi) is 3.43. The Bertz CT molecular complexity index is 584. The van der Waals surface area contributed by atoms with Gasteiger partial charge in [0.25, 0.3) is 0 Å². The van der Waals surface area contributed by atoms with Crippen molar-refractivity contribution in [1.82, 2.24) is 19.2 Å². The summed E-state index contributed by atoms with van der Waals surface area (Å²) in [5, 5.41) is 4.17. The molecule has 0 aliphatic carbocycles. The molecule has 0 spiro atoms. The highest BCUT2D eigenvalue weighted by Crippen LogP contribution is 2.03. The van der Waals surface area contributed by atoms with Crippen molar-refractivity contribution in [2.24, 2.45) is 0 Å². The number of morpholine rings is 1. The number of benzene rings is 1. The van der Waals surface area contributed by atoms with Crippen LogP contribution in [0.2, 0.25) is 0 Å². The minimum atomic E-state index is -0.113. The van der Waals surface area contributed by atoms with Crippen LogP contribution < -0.4 is 5.69 Å². The first-order valence-corrected chi connectivity index (χ1v) is 6.34. The molecule has 0 bridgehead atoms. The van der Waals surface area contributed by atoms with Gasteiger partial charge >= 0.3 is 5.69 Å². The summed E-state index contributed by atoms with van der Waals surface area (Å²) in [6.45, 7) is 3.62. The van der Waals surface area contributed by atoms with Crippen LogP contribution in [0, 0.1) is 0 Å². The van der Waals surface area contributed by atoms with Crippen LogP contribution in [-0.4, -0.2) is 45.6 Å². The minimum Gasteiger partial charge on any atom is -0.379 e. The largest absolute Gasteiger partial charge is 0.379 e. The lowest BCUT2D eigenvalue weighted by molar-refractivity contribution is 0.0206. The first kappa shape index (κ1) is 12.1. The third-order valence-corrected chi connectivity index (χ3v) is 3.21. The van der Waals surface area contributed by atoms with Crippen LogP contribution in [-0.2, 0) is 11.4 Å². The highest BCUT2D eigenvalue weighted by Gasteiger charge is 2.13. The molecule has 1 aromatic carbocycles. The van der Waals surface area contributed by atoms with Gasteiger partial charge in [-0.3, -0.25) is 4.90 Å². The highest BCUT2D eigenvalue weighted by atomic mass is 16.5. The SMILES string of the molecule is O=c1n(-c2ccccc2)cnn1CN1CCOCC1. The molecule has 100 valence electrons. The topological polar surface area (TPSA) is 52.3 Å². The van der Waals surface area contributed by atoms with Crippen LogP contribution in [0.25, 0.3) is 5.69 Å². The van der Waals surface area contributed by atoms with Crippen LogP contribution in [0.4, 0.5) is 0 Å². The van der Waals surface area contributed by atoms with E-state index in [0.717, 1.165) is 18.8 Å². The van der Waals surface area contributed by atoms with Gasteiger partial charge in [-0.1, -0.05) is 18.2 Å². The van der Waals surface area contributed by atoms with Gasteiger partial charge in [0.15, 0.2) is 0 Å². The molecule has 19 heavy (non-hydrogen) atoms. The Morgan fingerprint density at radius 2 is 1.89 bits per heavy atom. The van der Waals surface area contributed by atoms with Crippen molar-refractivity contribution in [3.63, 3.8) is 0 Å². The summed E-state index contributed by atoms with van der Waals surface area (Å²) in [5.74, 6) is 0. The number of hydrogen-bond donors (Lipinski definition) is 0. The predicted molar refractivity (Wildman–Crippen MR) is 70.2 cm³/mol. The van der Waals surface area contributed by atoms with E-state index in [-0.39, 0.29) is 5.69 Å². The lowest BCUT2D eigenvalue weighted by Crippen LogP contribution is -2.40. The molecular weight excluding hydrogens is 244 g/mol. The molecule has 1 fully saturated rings. The van der Waals surface area contributed by atoms with E-state index in [1.165, 1.54) is 4.68 Å². The minimum absolute atomic E-state index is 0.113. The quantitative estimate of drug-likeness (QED) is 0.797. The van der Waals surface area contributed by atoms with E-state index in [9.17, 15) is 4.79 Å². The van der Waals surface area contributed by atoms with Gasteiger partial charge in [-0.05, 0) is 12.1 Å². The molecule has 6 nitrogen and oxygen atoms in total. The Balaban J connectivity index is 1.81. The summed E-state index contributed by atoms with van der Waals surface area (Å²) in [7, 11) is 0. The fraction of sp³-hybridized carbons (Fsp3) is 0.385. The molecule has 0 saturated carbocycles. The van der Waals surface area contributed by atoms with E-state index in [1.807, 2.05) is 30.3 Å². The van der Waals surface area contributed by atoms with E-state index in [1.54, 1.807) is 10.9 Å². The summed E-state index contributed by atoms with van der Waals surface area (Å²) in [5.41, 5.74) is 0.721. The summed E-state index contributed by atoms with van der Waals surface area (Å²) in [6, 6.07) is 9.51. The first-order chi connectivity index (χ1) is 9.34. The predicted octanol–water partition coefficient (Wildman–Crippen LogP) is 0.324. The maximum atomic E-state index is 12.2. The molecule has 0 N–H and O–H groups in total. The summed E-state index contributed by atoms with van der Waals surface area (Å²) in [6.07, 6.45) is 1.57. The first-order valence-electron chi connectivity index (χ1n) is 6.34. The monoisotopic (exact) mass is 260 g/mol. The van der Waals surface area contributed by atoms with Crippen molar-refractivity contribution < 1.29 is 4.74 Å². The van der Waals surface area contributed by atoms with Gasteiger partial charge < -0.3 is 4.74 Å². The second-order valence-corrected chi connectivity index (χ2v) is 4.49. The van der Waals surface area contributed by atoms with Crippen molar-refractivity contribution in [3.05, 3.63) is 47.1 Å². The third-order valence-electron chi connectivity index (χ3n) is 3.21. The molecule has 0 radical (unpaired) electrons. The molecule has 2 aromatic rings. The van der Waals surface area contributed by atoms with Crippen molar-refractivity contribution in [2.45, 2.75) is 6.67 Å². The van der Waals surface area contributed by atoms with Crippen molar-refractivity contribution >= 4 is 0 Å². The fourth-order valence-corrected chi connectivity index (χ4v) is 2.13. The number of rotatable bonds is 3. The van der Waals surface area contributed by atoms with E-state index in [0.29, 0.717) is 19.9 Å². The van der Waals surface area contributed by atoms with E-state index in [4.69, 9.17) is 4.74 Å². The lowest BCUT2D eigenvalue weighted by Gasteiger charge is -2.25. The molecule has 1 aliphatic rings. The van der Waals surface area contributed by atoms with Gasteiger partial charge in [0.05, 0.1) is 25.6 Å². The molecule has 1 aliphatic heterocycles. The van der Waals surface area contributed by atoms with Crippen molar-refractivity contribution in [2.75, 3.05) is 26.3 Å². The van der Waals surface area contributed by atoms with E-state index < -0.39 is 0 Å². The Morgan fingerprint density at radius 1 is 1.16 bits per heavy atom. The third kappa shape index (κ3) is 2.59. The molecule has 6 heteroatoms. The van der Waals surface area contributed by atoms with Crippen molar-refractivity contribution in [1.29, 1.82) is 0 Å². The number of para-hydroxylation sites is 1. The molecule has 1 saturated heterocycles. The van der Waals surface area contributed by atoms with Gasteiger partial charge in [0.1, 0.15) is 6.33 Å². The average molecular weight is 260 g/mol. The van der Waals surface area contributed by atoms with Gasteiger partial charge in [-0.2, -0.15) is 9.78 Å². The number of aromatic nitrogens is 3. The van der Waals surface area contributed by atoms with E-state index in [2.05, 4.69) is 10.00 Å². The molecule has 2 heterocycles. The lowest BCUT2D eigenvalue weighted by atomic mass is 10.3. The number of nitrogens with zero attached hydrogens (tertiary/aromatic N) is 4. The van der Waals surface area contributed by atoms with Gasteiger partial charge in [0.2, 0.25) is 0 Å². The number of hydrogen-bond acceptors (Lipinski definition) is 4. The van der Waals surface area contributed by atoms with Crippen LogP contribution in [0.1, 0.15) is 0 Å². The second-order valence-electron chi connectivity index (χ2n) is 4.49. The zero-order valence-electron chi connectivity index (χ0n) is 10.6. The molecule has 0 amide bonds. The Morgan fingerprint density at radius 3 is 2.63 bits per heavy atom. The summed E-state index contributed by atoms with van der Waals surface area (Å²) < 4.78 is 8.33. The maximum Gasteiger partial charge on any atom is 0.351 e.